The number of nitrogens with zero attached hydrogens (tertiary/aromatic N) is 3. The minimum atomic E-state index is 0.135. The smallest absolute Gasteiger partial charge is 0.277 e. The minimum Gasteiger partial charge on any atom is -0.469 e. The molecule has 0 radical (unpaired) electrons. The van der Waals surface area contributed by atoms with Crippen molar-refractivity contribution in [2.75, 3.05) is 18.8 Å². The second-order valence-corrected chi connectivity index (χ2v) is 6.57. The number of carbonyl (C=O) groups is 1. The molecule has 0 spiro atoms. The maximum Gasteiger partial charge on any atom is 0.277 e. The number of aromatic nitrogens is 2. The second kappa shape index (κ2) is 6.56. The summed E-state index contributed by atoms with van der Waals surface area (Å²) in [5, 5.41) is 8.39. The second-order valence-electron chi connectivity index (χ2n) is 5.64. The first-order valence-corrected chi connectivity index (χ1v) is 8.40. The summed E-state index contributed by atoms with van der Waals surface area (Å²) in [6, 6.07) is 1.79. The Morgan fingerprint density at radius 1 is 1.50 bits per heavy atom. The normalized spacial score (nSPS) is 18.6. The van der Waals surface area contributed by atoms with Crippen molar-refractivity contribution < 1.29 is 13.6 Å². The van der Waals surface area contributed by atoms with E-state index < -0.39 is 0 Å². The van der Waals surface area contributed by atoms with Crippen LogP contribution in [0.2, 0.25) is 0 Å². The van der Waals surface area contributed by atoms with Gasteiger partial charge in [0.15, 0.2) is 0 Å². The Hall–Kier alpha value is -1.76. The van der Waals surface area contributed by atoms with E-state index in [-0.39, 0.29) is 5.91 Å². The molecule has 2 aromatic rings. The van der Waals surface area contributed by atoms with Crippen molar-refractivity contribution >= 4 is 17.7 Å². The van der Waals surface area contributed by atoms with E-state index in [0.717, 1.165) is 30.8 Å². The lowest BCUT2D eigenvalue weighted by molar-refractivity contribution is -0.130. The molecule has 118 valence electrons. The predicted octanol–water partition coefficient (Wildman–Crippen LogP) is 2.99. The molecular formula is C15H19N3O3S. The molecule has 1 aliphatic heterocycles. The summed E-state index contributed by atoms with van der Waals surface area (Å²) in [5.74, 6) is 2.21. The topological polar surface area (TPSA) is 72.4 Å². The Labute approximate surface area is 133 Å². The van der Waals surface area contributed by atoms with Gasteiger partial charge in [0.25, 0.3) is 11.1 Å². The molecule has 1 saturated heterocycles. The van der Waals surface area contributed by atoms with Gasteiger partial charge >= 0.3 is 0 Å². The summed E-state index contributed by atoms with van der Waals surface area (Å²) < 4.78 is 10.8. The Kier molecular flexibility index (Phi) is 4.52. The number of hydrogen-bond donors (Lipinski definition) is 0. The molecule has 3 heterocycles. The van der Waals surface area contributed by atoms with Crippen molar-refractivity contribution in [3.05, 3.63) is 18.1 Å². The molecule has 22 heavy (non-hydrogen) atoms. The molecule has 6 nitrogen and oxygen atoms in total. The van der Waals surface area contributed by atoms with Crippen LogP contribution in [-0.2, 0) is 4.79 Å². The van der Waals surface area contributed by atoms with Gasteiger partial charge in [0, 0.05) is 13.1 Å². The first-order chi connectivity index (χ1) is 10.6. The van der Waals surface area contributed by atoms with E-state index in [2.05, 4.69) is 17.1 Å². The molecule has 1 atom stereocenters. The van der Waals surface area contributed by atoms with E-state index in [1.165, 1.54) is 18.2 Å². The Morgan fingerprint density at radius 2 is 2.36 bits per heavy atom. The van der Waals surface area contributed by atoms with Crippen molar-refractivity contribution in [3.63, 3.8) is 0 Å². The van der Waals surface area contributed by atoms with Crippen LogP contribution >= 0.6 is 11.8 Å². The lowest BCUT2D eigenvalue weighted by atomic mass is 10.0. The summed E-state index contributed by atoms with van der Waals surface area (Å²) >= 11 is 1.29. The monoisotopic (exact) mass is 321 g/mol. The van der Waals surface area contributed by atoms with E-state index in [9.17, 15) is 4.79 Å². The predicted molar refractivity (Wildman–Crippen MR) is 82.4 cm³/mol. The Balaban J connectivity index is 1.57. The van der Waals surface area contributed by atoms with Crippen LogP contribution in [0.4, 0.5) is 0 Å². The standard InChI is InChI=1S/C15H19N3O3S/c1-10-4-3-6-18(8-10)13(19)9-22-15-17-16-14(21-15)12-5-7-20-11(12)2/h5,7,10H,3-4,6,8-9H2,1-2H3/t10-/m1/s1. The molecule has 0 saturated carbocycles. The van der Waals surface area contributed by atoms with Gasteiger partial charge in [0.05, 0.1) is 17.6 Å². The zero-order valence-corrected chi connectivity index (χ0v) is 13.6. The van der Waals surface area contributed by atoms with Gasteiger partial charge < -0.3 is 13.7 Å². The zero-order chi connectivity index (χ0) is 15.5. The summed E-state index contributed by atoms with van der Waals surface area (Å²) in [6.07, 6.45) is 3.87. The van der Waals surface area contributed by atoms with E-state index in [0.29, 0.717) is 22.8 Å². The molecule has 0 bridgehead atoms. The molecule has 3 rings (SSSR count). The van der Waals surface area contributed by atoms with Crippen molar-refractivity contribution in [3.8, 4) is 11.5 Å². The summed E-state index contributed by atoms with van der Waals surface area (Å²) in [6.45, 7) is 5.73. The lowest BCUT2D eigenvalue weighted by Gasteiger charge is -2.30. The maximum atomic E-state index is 12.2. The van der Waals surface area contributed by atoms with Gasteiger partial charge in [-0.05, 0) is 31.7 Å². The van der Waals surface area contributed by atoms with E-state index in [1.807, 2.05) is 11.8 Å². The zero-order valence-electron chi connectivity index (χ0n) is 12.7. The third-order valence-electron chi connectivity index (χ3n) is 3.82. The van der Waals surface area contributed by atoms with Gasteiger partial charge in [-0.3, -0.25) is 4.79 Å². The minimum absolute atomic E-state index is 0.135. The van der Waals surface area contributed by atoms with Crippen LogP contribution in [0.25, 0.3) is 11.5 Å². The first kappa shape index (κ1) is 15.1. The quantitative estimate of drug-likeness (QED) is 0.806. The number of likely N-dealkylation sites (tertiary alicyclic amines) is 1. The molecule has 0 aliphatic carbocycles. The number of furan rings is 1. The van der Waals surface area contributed by atoms with Crippen LogP contribution in [0.1, 0.15) is 25.5 Å². The number of thioether (sulfide) groups is 1. The van der Waals surface area contributed by atoms with E-state index in [4.69, 9.17) is 8.83 Å². The third-order valence-corrected chi connectivity index (χ3v) is 4.63. The lowest BCUT2D eigenvalue weighted by Crippen LogP contribution is -2.40. The molecule has 0 aromatic carbocycles. The fourth-order valence-electron chi connectivity index (χ4n) is 2.61. The fraction of sp³-hybridized carbons (Fsp3) is 0.533. The molecular weight excluding hydrogens is 302 g/mol. The number of aryl methyl sites for hydroxylation is 1. The Morgan fingerprint density at radius 3 is 3.09 bits per heavy atom. The average Bonchev–Trinajstić information content (AvgIpc) is 3.13. The number of piperidine rings is 1. The number of rotatable bonds is 4. The average molecular weight is 321 g/mol. The third kappa shape index (κ3) is 3.35. The Bertz CT molecular complexity index is 652. The fourth-order valence-corrected chi connectivity index (χ4v) is 3.28. The van der Waals surface area contributed by atoms with Crippen LogP contribution in [0.5, 0.6) is 0 Å². The van der Waals surface area contributed by atoms with Gasteiger partial charge in [-0.2, -0.15) is 0 Å². The van der Waals surface area contributed by atoms with Crippen molar-refractivity contribution in [2.24, 2.45) is 5.92 Å². The molecule has 2 aromatic heterocycles. The summed E-state index contributed by atoms with van der Waals surface area (Å²) in [5.41, 5.74) is 0.788. The maximum absolute atomic E-state index is 12.2. The van der Waals surface area contributed by atoms with Crippen LogP contribution in [0, 0.1) is 12.8 Å². The SMILES string of the molecule is Cc1occc1-c1nnc(SCC(=O)N2CCC[C@@H](C)C2)o1. The molecule has 0 unspecified atom stereocenters. The van der Waals surface area contributed by atoms with Gasteiger partial charge in [-0.25, -0.2) is 0 Å². The summed E-state index contributed by atoms with van der Waals surface area (Å²) in [4.78, 5) is 14.1. The van der Waals surface area contributed by atoms with E-state index >= 15 is 0 Å². The molecule has 1 amide bonds. The van der Waals surface area contributed by atoms with Crippen LogP contribution in [0.3, 0.4) is 0 Å². The highest BCUT2D eigenvalue weighted by Crippen LogP contribution is 2.26. The largest absolute Gasteiger partial charge is 0.469 e. The van der Waals surface area contributed by atoms with Crippen LogP contribution < -0.4 is 0 Å². The highest BCUT2D eigenvalue weighted by molar-refractivity contribution is 7.99. The number of hydrogen-bond acceptors (Lipinski definition) is 6. The summed E-state index contributed by atoms with van der Waals surface area (Å²) in [7, 11) is 0. The van der Waals surface area contributed by atoms with Gasteiger partial charge in [0.1, 0.15) is 5.76 Å². The van der Waals surface area contributed by atoms with Crippen LogP contribution in [-0.4, -0.2) is 39.8 Å². The highest BCUT2D eigenvalue weighted by atomic mass is 32.2. The van der Waals surface area contributed by atoms with Gasteiger partial charge in [-0.15, -0.1) is 10.2 Å². The highest BCUT2D eigenvalue weighted by Gasteiger charge is 2.22. The van der Waals surface area contributed by atoms with Gasteiger partial charge in [-0.1, -0.05) is 18.7 Å². The van der Waals surface area contributed by atoms with Crippen molar-refractivity contribution in [1.29, 1.82) is 0 Å². The van der Waals surface area contributed by atoms with Gasteiger partial charge in [0.2, 0.25) is 5.91 Å². The molecule has 1 aliphatic rings. The van der Waals surface area contributed by atoms with E-state index in [1.54, 1.807) is 12.3 Å². The molecule has 1 fully saturated rings. The first-order valence-electron chi connectivity index (χ1n) is 7.42. The number of carbonyl (C=O) groups excluding carboxylic acids is 1. The molecule has 7 heteroatoms. The number of amides is 1. The van der Waals surface area contributed by atoms with Crippen LogP contribution in [0.15, 0.2) is 26.4 Å². The molecule has 0 N–H and O–H groups in total. The van der Waals surface area contributed by atoms with Crippen molar-refractivity contribution in [1.82, 2.24) is 15.1 Å². The van der Waals surface area contributed by atoms with Crippen molar-refractivity contribution in [2.45, 2.75) is 31.9 Å².